The summed E-state index contributed by atoms with van der Waals surface area (Å²) in [6.07, 6.45) is -4.87. The predicted octanol–water partition coefficient (Wildman–Crippen LogP) is 5.14. The van der Waals surface area contributed by atoms with Gasteiger partial charge in [-0.2, -0.15) is 22.0 Å². The zero-order valence-electron chi connectivity index (χ0n) is 16.9. The molecule has 1 aromatic rings. The second-order valence-corrected chi connectivity index (χ2v) is 7.95. The molecule has 174 valence electrons. The van der Waals surface area contributed by atoms with Gasteiger partial charge in [-0.3, -0.25) is 0 Å². The standard InChI is InChI=1S/C21H26F5NO4/c22-19(23)29-13-16-10-18(31-17-8-6-15(7-9-17)21(24,25)26)11-27(16)20(28)30-12-14-4-2-1-3-5-14/h1-5,15-19H,6-13H2/t15?,16-,17?,18-/m0/s1. The Labute approximate surface area is 177 Å². The summed E-state index contributed by atoms with van der Waals surface area (Å²) in [5.74, 6) is -1.31. The van der Waals surface area contributed by atoms with Gasteiger partial charge in [0.15, 0.2) is 0 Å². The van der Waals surface area contributed by atoms with E-state index >= 15 is 0 Å². The van der Waals surface area contributed by atoms with Crippen LogP contribution < -0.4 is 0 Å². The Balaban J connectivity index is 1.53. The molecular formula is C21H26F5NO4. The minimum atomic E-state index is -4.20. The number of hydrogen-bond acceptors (Lipinski definition) is 4. The number of alkyl halides is 5. The molecule has 0 N–H and O–H groups in total. The van der Waals surface area contributed by atoms with Gasteiger partial charge in [0.05, 0.1) is 37.3 Å². The number of benzene rings is 1. The molecule has 2 fully saturated rings. The Kier molecular flexibility index (Phi) is 8.10. The van der Waals surface area contributed by atoms with Crippen molar-refractivity contribution in [3.63, 3.8) is 0 Å². The maximum absolute atomic E-state index is 12.8. The third-order valence-corrected chi connectivity index (χ3v) is 5.75. The van der Waals surface area contributed by atoms with Crippen molar-refractivity contribution in [2.45, 2.75) is 69.7 Å². The lowest BCUT2D eigenvalue weighted by molar-refractivity contribution is -0.189. The molecule has 5 nitrogen and oxygen atoms in total. The Morgan fingerprint density at radius 2 is 1.74 bits per heavy atom. The van der Waals surface area contributed by atoms with Gasteiger partial charge < -0.3 is 19.1 Å². The number of carbonyl (C=O) groups is 1. The summed E-state index contributed by atoms with van der Waals surface area (Å²) in [6.45, 7) is -3.20. The minimum absolute atomic E-state index is 0.00163. The average Bonchev–Trinajstić information content (AvgIpc) is 3.13. The number of hydrogen-bond donors (Lipinski definition) is 0. The zero-order chi connectivity index (χ0) is 22.4. The van der Waals surface area contributed by atoms with E-state index in [2.05, 4.69) is 4.74 Å². The molecule has 0 spiro atoms. The molecule has 1 saturated heterocycles. The van der Waals surface area contributed by atoms with E-state index in [0.29, 0.717) is 0 Å². The minimum Gasteiger partial charge on any atom is -0.445 e. The highest BCUT2D eigenvalue weighted by Crippen LogP contribution is 2.39. The highest BCUT2D eigenvalue weighted by atomic mass is 19.4. The monoisotopic (exact) mass is 451 g/mol. The van der Waals surface area contributed by atoms with Gasteiger partial charge in [0.1, 0.15) is 6.61 Å². The van der Waals surface area contributed by atoms with Crippen LogP contribution in [0.3, 0.4) is 0 Å². The fraction of sp³-hybridized carbons (Fsp3) is 0.667. The molecule has 1 aromatic carbocycles. The van der Waals surface area contributed by atoms with Gasteiger partial charge in [0.25, 0.3) is 0 Å². The van der Waals surface area contributed by atoms with Crippen LogP contribution in [0, 0.1) is 5.92 Å². The highest BCUT2D eigenvalue weighted by Gasteiger charge is 2.43. The summed E-state index contributed by atoms with van der Waals surface area (Å²) < 4.78 is 79.2. The van der Waals surface area contributed by atoms with Crippen LogP contribution in [0.4, 0.5) is 26.7 Å². The Bertz CT molecular complexity index is 695. The molecule has 2 atom stereocenters. The van der Waals surface area contributed by atoms with Crippen LogP contribution in [0.2, 0.25) is 0 Å². The first-order valence-corrected chi connectivity index (χ1v) is 10.3. The summed E-state index contributed by atoms with van der Waals surface area (Å²) in [7, 11) is 0. The zero-order valence-corrected chi connectivity index (χ0v) is 16.9. The first kappa shape index (κ1) is 23.7. The third kappa shape index (κ3) is 7.03. The summed E-state index contributed by atoms with van der Waals surface area (Å²) in [6, 6.07) is 8.35. The fourth-order valence-corrected chi connectivity index (χ4v) is 4.14. The molecule has 1 heterocycles. The number of halogens is 5. The van der Waals surface area contributed by atoms with Crippen LogP contribution in [-0.4, -0.2) is 55.2 Å². The Hall–Kier alpha value is -1.94. The molecule has 2 aliphatic rings. The molecule has 1 aliphatic heterocycles. The SMILES string of the molecule is O=C(OCc1ccccc1)N1C[C@@H](OC2CCC(C(F)(F)F)CC2)C[C@H]1COC(F)F. The van der Waals surface area contributed by atoms with Gasteiger partial charge in [0.2, 0.25) is 0 Å². The summed E-state index contributed by atoms with van der Waals surface area (Å²) in [5.41, 5.74) is 0.782. The van der Waals surface area contributed by atoms with Crippen molar-refractivity contribution >= 4 is 6.09 Å². The second kappa shape index (κ2) is 10.6. The molecule has 0 unspecified atom stereocenters. The molecule has 1 saturated carbocycles. The second-order valence-electron chi connectivity index (χ2n) is 7.95. The van der Waals surface area contributed by atoms with Crippen molar-refractivity contribution in [2.24, 2.45) is 5.92 Å². The van der Waals surface area contributed by atoms with Gasteiger partial charge in [-0.25, -0.2) is 4.79 Å². The van der Waals surface area contributed by atoms with Crippen LogP contribution in [0.25, 0.3) is 0 Å². The van der Waals surface area contributed by atoms with Crippen molar-refractivity contribution in [1.29, 1.82) is 0 Å². The largest absolute Gasteiger partial charge is 0.445 e. The molecule has 1 aliphatic carbocycles. The van der Waals surface area contributed by atoms with Crippen LogP contribution in [0.15, 0.2) is 30.3 Å². The molecule has 10 heteroatoms. The number of nitrogens with zero attached hydrogens (tertiary/aromatic N) is 1. The predicted molar refractivity (Wildman–Crippen MR) is 100 cm³/mol. The molecule has 3 rings (SSSR count). The summed E-state index contributed by atoms with van der Waals surface area (Å²) >= 11 is 0. The lowest BCUT2D eigenvalue weighted by atomic mass is 9.87. The van der Waals surface area contributed by atoms with Crippen molar-refractivity contribution in [1.82, 2.24) is 4.90 Å². The number of amides is 1. The molecule has 0 radical (unpaired) electrons. The topological polar surface area (TPSA) is 48.0 Å². The molecule has 1 amide bonds. The first-order valence-electron chi connectivity index (χ1n) is 10.3. The van der Waals surface area contributed by atoms with E-state index in [1.165, 1.54) is 4.90 Å². The van der Waals surface area contributed by atoms with Crippen LogP contribution in [-0.2, 0) is 20.8 Å². The summed E-state index contributed by atoms with van der Waals surface area (Å²) in [4.78, 5) is 13.8. The van der Waals surface area contributed by atoms with Gasteiger partial charge in [-0.15, -0.1) is 0 Å². The van der Waals surface area contributed by atoms with E-state index in [9.17, 15) is 26.7 Å². The Morgan fingerprint density at radius 1 is 1.06 bits per heavy atom. The third-order valence-electron chi connectivity index (χ3n) is 5.75. The van der Waals surface area contributed by atoms with Crippen LogP contribution >= 0.6 is 0 Å². The maximum atomic E-state index is 12.8. The molecule has 0 aromatic heterocycles. The van der Waals surface area contributed by atoms with Crippen LogP contribution in [0.1, 0.15) is 37.7 Å². The lowest BCUT2D eigenvalue weighted by Gasteiger charge is -2.31. The number of likely N-dealkylation sites (tertiary alicyclic amines) is 1. The van der Waals surface area contributed by atoms with Gasteiger partial charge in [0, 0.05) is 0 Å². The number of rotatable bonds is 7. The van der Waals surface area contributed by atoms with E-state index in [-0.39, 0.29) is 58.0 Å². The quantitative estimate of drug-likeness (QED) is 0.539. The highest BCUT2D eigenvalue weighted by molar-refractivity contribution is 5.68. The van der Waals surface area contributed by atoms with Gasteiger partial charge >= 0.3 is 18.9 Å². The van der Waals surface area contributed by atoms with E-state index in [4.69, 9.17) is 9.47 Å². The fourth-order valence-electron chi connectivity index (χ4n) is 4.14. The van der Waals surface area contributed by atoms with Gasteiger partial charge in [-0.05, 0) is 37.7 Å². The van der Waals surface area contributed by atoms with Crippen molar-refractivity contribution in [2.75, 3.05) is 13.2 Å². The molecule has 31 heavy (non-hydrogen) atoms. The summed E-state index contributed by atoms with van der Waals surface area (Å²) in [5, 5.41) is 0. The van der Waals surface area contributed by atoms with Crippen LogP contribution in [0.5, 0.6) is 0 Å². The van der Waals surface area contributed by atoms with E-state index in [1.807, 2.05) is 6.07 Å². The molecular weight excluding hydrogens is 425 g/mol. The number of carbonyl (C=O) groups excluding carboxylic acids is 1. The van der Waals surface area contributed by atoms with Gasteiger partial charge in [-0.1, -0.05) is 30.3 Å². The lowest BCUT2D eigenvalue weighted by Crippen LogP contribution is -2.39. The number of ether oxygens (including phenoxy) is 3. The normalized spacial score (nSPS) is 27.0. The smallest absolute Gasteiger partial charge is 0.410 e. The average molecular weight is 451 g/mol. The van der Waals surface area contributed by atoms with E-state index in [0.717, 1.165) is 5.56 Å². The van der Waals surface area contributed by atoms with Crippen molar-refractivity contribution < 1.29 is 41.0 Å². The first-order chi connectivity index (χ1) is 14.7. The molecule has 0 bridgehead atoms. The maximum Gasteiger partial charge on any atom is 0.410 e. The van der Waals surface area contributed by atoms with E-state index in [1.54, 1.807) is 24.3 Å². The van der Waals surface area contributed by atoms with Crippen molar-refractivity contribution in [3.8, 4) is 0 Å². The Morgan fingerprint density at radius 3 is 2.35 bits per heavy atom. The van der Waals surface area contributed by atoms with Crippen molar-refractivity contribution in [3.05, 3.63) is 35.9 Å². The van der Waals surface area contributed by atoms with E-state index < -0.39 is 36.9 Å².